The van der Waals surface area contributed by atoms with Gasteiger partial charge < -0.3 is 4.90 Å². The minimum Gasteiger partial charge on any atom is -0.333 e. The Labute approximate surface area is 129 Å². The van der Waals surface area contributed by atoms with Gasteiger partial charge in [-0.15, -0.1) is 11.6 Å². The van der Waals surface area contributed by atoms with Crippen LogP contribution < -0.4 is 0 Å². The Morgan fingerprint density at radius 2 is 2.14 bits per heavy atom. The van der Waals surface area contributed by atoms with Gasteiger partial charge in [-0.2, -0.15) is 5.10 Å². The number of nitrogens with zero attached hydrogens (tertiary/aromatic N) is 3. The predicted octanol–water partition coefficient (Wildman–Crippen LogP) is 3.20. The van der Waals surface area contributed by atoms with Crippen LogP contribution in [-0.2, 0) is 7.05 Å². The van der Waals surface area contributed by atoms with Crippen molar-refractivity contribution in [3.63, 3.8) is 0 Å². The largest absolute Gasteiger partial charge is 0.333 e. The molecule has 1 fully saturated rings. The summed E-state index contributed by atoms with van der Waals surface area (Å²) < 4.78 is 1.77. The van der Waals surface area contributed by atoms with Crippen molar-refractivity contribution in [1.29, 1.82) is 0 Å². The SMILES string of the molecule is Cn1nc(C(=O)N2CCCCCC2CCl)c2ccccc21. The molecule has 1 unspecified atom stereocenters. The molecule has 1 aliphatic rings. The van der Waals surface area contributed by atoms with Gasteiger partial charge >= 0.3 is 0 Å². The fourth-order valence-corrected chi connectivity index (χ4v) is 3.43. The summed E-state index contributed by atoms with van der Waals surface area (Å²) in [6.07, 6.45) is 4.34. The Balaban J connectivity index is 1.99. The lowest BCUT2D eigenvalue weighted by molar-refractivity contribution is 0.0695. The Morgan fingerprint density at radius 3 is 2.95 bits per heavy atom. The molecule has 0 spiro atoms. The maximum atomic E-state index is 12.9. The second kappa shape index (κ2) is 6.06. The Morgan fingerprint density at radius 1 is 1.33 bits per heavy atom. The third-order valence-electron chi connectivity index (χ3n) is 4.28. The molecule has 4 nitrogen and oxygen atoms in total. The molecule has 2 heterocycles. The van der Waals surface area contributed by atoms with Gasteiger partial charge in [-0.25, -0.2) is 0 Å². The maximum Gasteiger partial charge on any atom is 0.275 e. The molecular weight excluding hydrogens is 286 g/mol. The van der Waals surface area contributed by atoms with Crippen molar-refractivity contribution in [1.82, 2.24) is 14.7 Å². The molecule has 1 saturated heterocycles. The van der Waals surface area contributed by atoms with Gasteiger partial charge in [0.05, 0.1) is 5.52 Å². The van der Waals surface area contributed by atoms with Crippen LogP contribution in [0, 0.1) is 0 Å². The van der Waals surface area contributed by atoms with Gasteiger partial charge in [0.25, 0.3) is 5.91 Å². The first kappa shape index (κ1) is 14.4. The Hall–Kier alpha value is -1.55. The summed E-state index contributed by atoms with van der Waals surface area (Å²) in [5.74, 6) is 0.510. The lowest BCUT2D eigenvalue weighted by Crippen LogP contribution is -2.41. The number of fused-ring (bicyclic) bond motifs is 1. The number of aryl methyl sites for hydroxylation is 1. The molecule has 0 N–H and O–H groups in total. The summed E-state index contributed by atoms with van der Waals surface area (Å²) in [7, 11) is 1.88. The summed E-state index contributed by atoms with van der Waals surface area (Å²) in [4.78, 5) is 14.9. The first-order chi connectivity index (χ1) is 10.2. The van der Waals surface area contributed by atoms with E-state index in [0.717, 1.165) is 36.7 Å². The van der Waals surface area contributed by atoms with Crippen LogP contribution in [0.4, 0.5) is 0 Å². The summed E-state index contributed by atoms with van der Waals surface area (Å²) in [6, 6.07) is 7.99. The number of rotatable bonds is 2. The molecular formula is C16H20ClN3O. The first-order valence-electron chi connectivity index (χ1n) is 7.51. The second-order valence-corrected chi connectivity index (χ2v) is 5.95. The van der Waals surface area contributed by atoms with E-state index in [1.54, 1.807) is 4.68 Å². The highest BCUT2D eigenvalue weighted by Crippen LogP contribution is 2.23. The molecule has 0 aliphatic carbocycles. The second-order valence-electron chi connectivity index (χ2n) is 5.65. The lowest BCUT2D eigenvalue weighted by atomic mass is 10.1. The normalized spacial score (nSPS) is 19.7. The zero-order valence-electron chi connectivity index (χ0n) is 12.3. The molecule has 1 aromatic carbocycles. The smallest absolute Gasteiger partial charge is 0.275 e. The van der Waals surface area contributed by atoms with E-state index in [9.17, 15) is 4.79 Å². The standard InChI is InChI=1S/C16H20ClN3O/c1-19-14-9-5-4-8-13(14)15(18-19)16(21)20-10-6-2-3-7-12(20)11-17/h4-5,8-9,12H,2-3,6-7,10-11H2,1H3. The van der Waals surface area contributed by atoms with E-state index in [-0.39, 0.29) is 11.9 Å². The fourth-order valence-electron chi connectivity index (χ4n) is 3.11. The summed E-state index contributed by atoms with van der Waals surface area (Å²) in [5, 5.41) is 5.37. The van der Waals surface area contributed by atoms with Gasteiger partial charge in [0.2, 0.25) is 0 Å². The molecule has 21 heavy (non-hydrogen) atoms. The van der Waals surface area contributed by atoms with E-state index < -0.39 is 0 Å². The van der Waals surface area contributed by atoms with E-state index in [0.29, 0.717) is 11.6 Å². The van der Waals surface area contributed by atoms with Gasteiger partial charge in [-0.1, -0.05) is 31.0 Å². The monoisotopic (exact) mass is 305 g/mol. The number of hydrogen-bond acceptors (Lipinski definition) is 2. The number of amides is 1. The number of para-hydroxylation sites is 1. The summed E-state index contributed by atoms with van der Waals surface area (Å²) in [5.41, 5.74) is 1.53. The molecule has 0 bridgehead atoms. The molecule has 112 valence electrons. The van der Waals surface area contributed by atoms with Crippen LogP contribution in [0.1, 0.15) is 36.2 Å². The van der Waals surface area contributed by atoms with Crippen molar-refractivity contribution in [3.05, 3.63) is 30.0 Å². The molecule has 5 heteroatoms. The average Bonchev–Trinajstić information content (AvgIpc) is 2.71. The molecule has 1 aromatic heterocycles. The van der Waals surface area contributed by atoms with Crippen LogP contribution in [0.15, 0.2) is 24.3 Å². The zero-order chi connectivity index (χ0) is 14.8. The number of aromatic nitrogens is 2. The van der Waals surface area contributed by atoms with Gasteiger partial charge in [0.1, 0.15) is 0 Å². The van der Waals surface area contributed by atoms with Gasteiger partial charge in [-0.05, 0) is 18.9 Å². The van der Waals surface area contributed by atoms with Crippen molar-refractivity contribution in [3.8, 4) is 0 Å². The fraction of sp³-hybridized carbons (Fsp3) is 0.500. The molecule has 1 amide bonds. The minimum absolute atomic E-state index is 0.0133. The maximum absolute atomic E-state index is 12.9. The molecule has 0 radical (unpaired) electrons. The van der Waals surface area contributed by atoms with E-state index in [4.69, 9.17) is 11.6 Å². The molecule has 1 aliphatic heterocycles. The average molecular weight is 306 g/mol. The highest BCUT2D eigenvalue weighted by molar-refractivity contribution is 6.18. The van der Waals surface area contributed by atoms with Crippen molar-refractivity contribution < 1.29 is 4.79 Å². The van der Waals surface area contributed by atoms with Crippen molar-refractivity contribution in [2.45, 2.75) is 31.7 Å². The topological polar surface area (TPSA) is 38.1 Å². The van der Waals surface area contributed by atoms with Crippen LogP contribution >= 0.6 is 11.6 Å². The predicted molar refractivity (Wildman–Crippen MR) is 84.7 cm³/mol. The third kappa shape index (κ3) is 2.64. The number of benzene rings is 1. The molecule has 0 saturated carbocycles. The lowest BCUT2D eigenvalue weighted by Gasteiger charge is -2.28. The van der Waals surface area contributed by atoms with Crippen LogP contribution in [0.3, 0.4) is 0 Å². The zero-order valence-corrected chi connectivity index (χ0v) is 13.0. The Bertz CT molecular complexity index is 652. The number of carbonyl (C=O) groups excluding carboxylic acids is 1. The summed E-state index contributed by atoms with van der Waals surface area (Å²) >= 11 is 6.08. The molecule has 3 rings (SSSR count). The van der Waals surface area contributed by atoms with Crippen molar-refractivity contribution in [2.24, 2.45) is 7.05 Å². The van der Waals surface area contributed by atoms with Gasteiger partial charge in [0, 0.05) is 30.9 Å². The number of carbonyl (C=O) groups is 1. The highest BCUT2D eigenvalue weighted by atomic mass is 35.5. The quantitative estimate of drug-likeness (QED) is 0.799. The summed E-state index contributed by atoms with van der Waals surface area (Å²) in [6.45, 7) is 0.779. The highest BCUT2D eigenvalue weighted by Gasteiger charge is 2.28. The number of halogens is 1. The molecule has 1 atom stereocenters. The third-order valence-corrected chi connectivity index (χ3v) is 4.63. The van der Waals surface area contributed by atoms with Crippen LogP contribution in [0.25, 0.3) is 10.9 Å². The van der Waals surface area contributed by atoms with Gasteiger partial charge in [-0.3, -0.25) is 9.48 Å². The molecule has 2 aromatic rings. The van der Waals surface area contributed by atoms with Crippen molar-refractivity contribution in [2.75, 3.05) is 12.4 Å². The number of likely N-dealkylation sites (tertiary alicyclic amines) is 1. The number of hydrogen-bond donors (Lipinski definition) is 0. The van der Waals surface area contributed by atoms with E-state index in [2.05, 4.69) is 5.10 Å². The van der Waals surface area contributed by atoms with E-state index in [1.807, 2.05) is 36.2 Å². The van der Waals surface area contributed by atoms with Crippen LogP contribution in [-0.4, -0.2) is 39.1 Å². The minimum atomic E-state index is 0.0133. The van der Waals surface area contributed by atoms with Crippen molar-refractivity contribution >= 4 is 28.4 Å². The van der Waals surface area contributed by atoms with E-state index in [1.165, 1.54) is 6.42 Å². The first-order valence-corrected chi connectivity index (χ1v) is 8.04. The van der Waals surface area contributed by atoms with Gasteiger partial charge in [0.15, 0.2) is 5.69 Å². The van der Waals surface area contributed by atoms with Crippen LogP contribution in [0.5, 0.6) is 0 Å². The number of alkyl halides is 1. The Kier molecular flexibility index (Phi) is 4.15. The van der Waals surface area contributed by atoms with E-state index >= 15 is 0 Å². The van der Waals surface area contributed by atoms with Crippen LogP contribution in [0.2, 0.25) is 0 Å².